The highest BCUT2D eigenvalue weighted by Gasteiger charge is 2.50. The molecular formula is C7H13NO. The second-order valence-electron chi connectivity index (χ2n) is 3.09. The fourth-order valence-corrected chi connectivity index (χ4v) is 1.99. The normalized spacial score (nSPS) is 48.3. The van der Waals surface area contributed by atoms with Crippen molar-refractivity contribution in [1.29, 1.82) is 0 Å². The van der Waals surface area contributed by atoms with Crippen molar-refractivity contribution in [3.05, 3.63) is 0 Å². The first-order valence-electron chi connectivity index (χ1n) is 3.71. The molecule has 2 rings (SSSR count). The van der Waals surface area contributed by atoms with Gasteiger partial charge in [-0.15, -0.1) is 0 Å². The van der Waals surface area contributed by atoms with Crippen LogP contribution in [0.5, 0.6) is 0 Å². The minimum Gasteiger partial charge on any atom is -0.381 e. The zero-order valence-corrected chi connectivity index (χ0v) is 5.55. The van der Waals surface area contributed by atoms with Crippen LogP contribution < -0.4 is 5.73 Å². The fraction of sp³-hybridized carbons (Fsp3) is 1.00. The number of hydrogen-bond donors (Lipinski definition) is 1. The Kier molecular flexibility index (Phi) is 1.24. The van der Waals surface area contributed by atoms with E-state index >= 15 is 0 Å². The highest BCUT2D eigenvalue weighted by atomic mass is 16.5. The summed E-state index contributed by atoms with van der Waals surface area (Å²) in [5, 5.41) is 0. The van der Waals surface area contributed by atoms with Crippen molar-refractivity contribution in [1.82, 2.24) is 0 Å². The molecule has 1 saturated heterocycles. The van der Waals surface area contributed by atoms with Crippen molar-refractivity contribution < 1.29 is 4.74 Å². The number of fused-ring (bicyclic) bond motifs is 1. The predicted octanol–water partition coefficient (Wildman–Crippen LogP) is 0.228. The van der Waals surface area contributed by atoms with Crippen LogP contribution in [0.2, 0.25) is 0 Å². The van der Waals surface area contributed by atoms with Crippen molar-refractivity contribution in [3.63, 3.8) is 0 Å². The van der Waals surface area contributed by atoms with Crippen molar-refractivity contribution >= 4 is 0 Å². The first-order valence-corrected chi connectivity index (χ1v) is 3.71. The fourth-order valence-electron chi connectivity index (χ4n) is 1.99. The highest BCUT2D eigenvalue weighted by molar-refractivity contribution is 4.98. The van der Waals surface area contributed by atoms with Crippen molar-refractivity contribution in [2.45, 2.75) is 6.42 Å². The predicted molar refractivity (Wildman–Crippen MR) is 35.0 cm³/mol. The lowest BCUT2D eigenvalue weighted by molar-refractivity contribution is 0.0885. The molecule has 3 atom stereocenters. The van der Waals surface area contributed by atoms with E-state index in [-0.39, 0.29) is 0 Å². The van der Waals surface area contributed by atoms with Gasteiger partial charge in [0.25, 0.3) is 0 Å². The van der Waals surface area contributed by atoms with Crippen molar-refractivity contribution in [2.75, 3.05) is 19.8 Å². The van der Waals surface area contributed by atoms with Gasteiger partial charge in [-0.3, -0.25) is 0 Å². The number of rotatable bonds is 1. The van der Waals surface area contributed by atoms with Crippen LogP contribution in [0.3, 0.4) is 0 Å². The van der Waals surface area contributed by atoms with Crippen LogP contribution in [0.4, 0.5) is 0 Å². The number of ether oxygens (including phenoxy) is 1. The van der Waals surface area contributed by atoms with E-state index in [0.717, 1.165) is 37.5 Å². The third-order valence-corrected chi connectivity index (χ3v) is 2.69. The maximum atomic E-state index is 5.54. The largest absolute Gasteiger partial charge is 0.381 e. The van der Waals surface area contributed by atoms with Gasteiger partial charge in [0.15, 0.2) is 0 Å². The van der Waals surface area contributed by atoms with E-state index in [2.05, 4.69) is 0 Å². The maximum absolute atomic E-state index is 5.54. The molecule has 0 amide bonds. The van der Waals surface area contributed by atoms with Gasteiger partial charge in [0.1, 0.15) is 0 Å². The number of nitrogens with two attached hydrogens (primary N) is 1. The van der Waals surface area contributed by atoms with Gasteiger partial charge in [0.2, 0.25) is 0 Å². The van der Waals surface area contributed by atoms with Crippen LogP contribution >= 0.6 is 0 Å². The van der Waals surface area contributed by atoms with Gasteiger partial charge >= 0.3 is 0 Å². The molecular weight excluding hydrogens is 114 g/mol. The summed E-state index contributed by atoms with van der Waals surface area (Å²) in [5.74, 6) is 2.58. The van der Waals surface area contributed by atoms with Crippen LogP contribution in [0.25, 0.3) is 0 Å². The molecule has 2 nitrogen and oxygen atoms in total. The first-order chi connectivity index (χ1) is 4.43. The molecule has 2 aliphatic rings. The lowest BCUT2D eigenvalue weighted by Gasteiger charge is -2.07. The molecule has 0 aromatic rings. The average molecular weight is 127 g/mol. The summed E-state index contributed by atoms with van der Waals surface area (Å²) in [5.41, 5.74) is 5.54. The molecule has 2 N–H and O–H groups in total. The summed E-state index contributed by atoms with van der Waals surface area (Å²) in [6, 6.07) is 0. The standard InChI is InChI=1S/C7H13NO/c8-3-6-5-1-2-9-4-7(5)6/h5-7H,1-4,8H2/t5-,6-,7+/m1/s1. The molecule has 0 aromatic heterocycles. The Morgan fingerprint density at radius 2 is 2.33 bits per heavy atom. The summed E-state index contributed by atoms with van der Waals surface area (Å²) >= 11 is 0. The summed E-state index contributed by atoms with van der Waals surface area (Å²) in [4.78, 5) is 0. The van der Waals surface area contributed by atoms with Gasteiger partial charge in [-0.1, -0.05) is 0 Å². The first kappa shape index (κ1) is 5.69. The minimum absolute atomic E-state index is 0.812. The third kappa shape index (κ3) is 0.775. The van der Waals surface area contributed by atoms with Crippen molar-refractivity contribution in [2.24, 2.45) is 23.5 Å². The van der Waals surface area contributed by atoms with Crippen LogP contribution in [0.15, 0.2) is 0 Å². The summed E-state index contributed by atoms with van der Waals surface area (Å²) in [6.07, 6.45) is 1.26. The Hall–Kier alpha value is -0.0800. The third-order valence-electron chi connectivity index (χ3n) is 2.69. The van der Waals surface area contributed by atoms with Crippen LogP contribution in [0.1, 0.15) is 6.42 Å². The summed E-state index contributed by atoms with van der Waals surface area (Å²) in [7, 11) is 0. The van der Waals surface area contributed by atoms with Crippen LogP contribution in [-0.2, 0) is 4.74 Å². The lowest BCUT2D eigenvalue weighted by atomic mass is 10.2. The molecule has 9 heavy (non-hydrogen) atoms. The Morgan fingerprint density at radius 1 is 1.44 bits per heavy atom. The van der Waals surface area contributed by atoms with Gasteiger partial charge in [-0.25, -0.2) is 0 Å². The second-order valence-corrected chi connectivity index (χ2v) is 3.09. The highest BCUT2D eigenvalue weighted by Crippen LogP contribution is 2.49. The van der Waals surface area contributed by atoms with E-state index in [1.807, 2.05) is 0 Å². The molecule has 0 radical (unpaired) electrons. The number of hydrogen-bond acceptors (Lipinski definition) is 2. The molecule has 1 saturated carbocycles. The van der Waals surface area contributed by atoms with Crippen LogP contribution in [-0.4, -0.2) is 19.8 Å². The van der Waals surface area contributed by atoms with Gasteiger partial charge in [-0.05, 0) is 30.7 Å². The zero-order chi connectivity index (χ0) is 6.27. The molecule has 2 heteroatoms. The summed E-state index contributed by atoms with van der Waals surface area (Å²) < 4.78 is 5.30. The quantitative estimate of drug-likeness (QED) is 0.547. The molecule has 0 spiro atoms. The van der Waals surface area contributed by atoms with Gasteiger partial charge in [-0.2, -0.15) is 0 Å². The minimum atomic E-state index is 0.812. The molecule has 0 unspecified atom stereocenters. The molecule has 0 bridgehead atoms. The Morgan fingerprint density at radius 3 is 2.89 bits per heavy atom. The summed E-state index contributed by atoms with van der Waals surface area (Å²) in [6.45, 7) is 2.82. The SMILES string of the molecule is NC[C@@H]1[C@H]2CCOC[C@H]12. The zero-order valence-electron chi connectivity index (χ0n) is 5.55. The monoisotopic (exact) mass is 127 g/mol. The van der Waals surface area contributed by atoms with Gasteiger partial charge in [0, 0.05) is 13.2 Å². The van der Waals surface area contributed by atoms with E-state index < -0.39 is 0 Å². The molecule has 52 valence electrons. The second kappa shape index (κ2) is 1.96. The van der Waals surface area contributed by atoms with Crippen molar-refractivity contribution in [3.8, 4) is 0 Å². The lowest BCUT2D eigenvalue weighted by Crippen LogP contribution is -2.07. The van der Waals surface area contributed by atoms with E-state index in [0.29, 0.717) is 0 Å². The maximum Gasteiger partial charge on any atom is 0.0500 e. The van der Waals surface area contributed by atoms with Crippen LogP contribution in [0, 0.1) is 17.8 Å². The van der Waals surface area contributed by atoms with E-state index in [1.165, 1.54) is 6.42 Å². The molecule has 0 aromatic carbocycles. The molecule has 2 fully saturated rings. The Labute approximate surface area is 55.4 Å². The Bertz CT molecular complexity index is 96.7. The molecule has 1 aliphatic carbocycles. The van der Waals surface area contributed by atoms with Gasteiger partial charge < -0.3 is 10.5 Å². The van der Waals surface area contributed by atoms with E-state index in [9.17, 15) is 0 Å². The Balaban J connectivity index is 1.91. The van der Waals surface area contributed by atoms with Gasteiger partial charge in [0.05, 0.1) is 0 Å². The molecule has 1 heterocycles. The average Bonchev–Trinajstić information content (AvgIpc) is 2.60. The van der Waals surface area contributed by atoms with E-state index in [4.69, 9.17) is 10.5 Å². The topological polar surface area (TPSA) is 35.2 Å². The smallest absolute Gasteiger partial charge is 0.0500 e. The van der Waals surface area contributed by atoms with E-state index in [1.54, 1.807) is 0 Å². The molecule has 1 aliphatic heterocycles.